The van der Waals surface area contributed by atoms with Crippen molar-refractivity contribution in [3.8, 4) is 0 Å². The number of amides is 2. The van der Waals surface area contributed by atoms with Crippen molar-refractivity contribution in [2.45, 2.75) is 32.1 Å². The summed E-state index contributed by atoms with van der Waals surface area (Å²) in [5.74, 6) is -0.887. The van der Waals surface area contributed by atoms with Crippen LogP contribution in [0.4, 0.5) is 10.8 Å². The molecule has 0 bridgehead atoms. The van der Waals surface area contributed by atoms with Crippen molar-refractivity contribution in [2.24, 2.45) is 5.92 Å². The van der Waals surface area contributed by atoms with Gasteiger partial charge in [-0.15, -0.1) is 11.3 Å². The molecule has 10 heteroatoms. The summed E-state index contributed by atoms with van der Waals surface area (Å²) < 4.78 is 26.6. The topological polar surface area (TPSA) is 99.7 Å². The first-order valence-corrected chi connectivity index (χ1v) is 11.7. The number of carbonyl (C=O) groups excluding carboxylic acids is 2. The highest BCUT2D eigenvalue weighted by atomic mass is 32.2. The van der Waals surface area contributed by atoms with Crippen molar-refractivity contribution < 1.29 is 18.0 Å². The largest absolute Gasteiger partial charge is 0.312 e. The molecule has 0 saturated carbocycles. The monoisotopic (exact) mass is 436 g/mol. The zero-order valence-corrected chi connectivity index (χ0v) is 18.2. The third-order valence-electron chi connectivity index (χ3n) is 4.84. The number of rotatable bonds is 7. The van der Waals surface area contributed by atoms with Crippen molar-refractivity contribution in [1.82, 2.24) is 9.29 Å². The van der Waals surface area contributed by atoms with Gasteiger partial charge in [-0.2, -0.15) is 4.31 Å². The smallest absolute Gasteiger partial charge is 0.243 e. The molecule has 2 amide bonds. The molecule has 0 aliphatic carbocycles. The van der Waals surface area contributed by atoms with E-state index >= 15 is 0 Å². The second-order valence-electron chi connectivity index (χ2n) is 6.77. The lowest BCUT2D eigenvalue weighted by molar-refractivity contribution is -0.122. The summed E-state index contributed by atoms with van der Waals surface area (Å²) in [7, 11) is -3.55. The van der Waals surface area contributed by atoms with Gasteiger partial charge in [-0.25, -0.2) is 13.4 Å². The summed E-state index contributed by atoms with van der Waals surface area (Å²) >= 11 is 1.34. The number of benzene rings is 1. The molecule has 3 rings (SSSR count). The molecule has 1 aliphatic heterocycles. The number of aromatic nitrogens is 1. The van der Waals surface area contributed by atoms with E-state index in [0.717, 1.165) is 5.69 Å². The zero-order valence-electron chi connectivity index (χ0n) is 16.6. The van der Waals surface area contributed by atoms with E-state index in [9.17, 15) is 18.0 Å². The van der Waals surface area contributed by atoms with Crippen molar-refractivity contribution in [3.05, 3.63) is 35.3 Å². The van der Waals surface area contributed by atoms with Crippen molar-refractivity contribution in [3.63, 3.8) is 0 Å². The molecule has 1 aromatic carbocycles. The maximum Gasteiger partial charge on any atom is 0.243 e. The second kappa shape index (κ2) is 8.60. The Hall–Kier alpha value is -2.30. The lowest BCUT2D eigenvalue weighted by atomic mass is 10.1. The second-order valence-corrected chi connectivity index (χ2v) is 9.57. The van der Waals surface area contributed by atoms with Crippen molar-refractivity contribution in [1.29, 1.82) is 0 Å². The SMILES string of the molecule is CCN(CC)S(=O)(=O)c1ccc(N2C[C@H](C(=O)Nc3nc(C)cs3)CC2=O)cc1. The quantitative estimate of drug-likeness (QED) is 0.719. The normalized spacial score (nSPS) is 17.2. The van der Waals surface area contributed by atoms with E-state index in [1.807, 2.05) is 12.3 Å². The number of nitrogens with one attached hydrogen (secondary N) is 1. The Balaban J connectivity index is 1.71. The Morgan fingerprint density at radius 2 is 1.93 bits per heavy atom. The number of sulfonamides is 1. The number of nitrogens with zero attached hydrogens (tertiary/aromatic N) is 3. The third kappa shape index (κ3) is 4.49. The Morgan fingerprint density at radius 3 is 2.48 bits per heavy atom. The third-order valence-corrected chi connectivity index (χ3v) is 7.78. The lowest BCUT2D eigenvalue weighted by Crippen LogP contribution is -2.31. The summed E-state index contributed by atoms with van der Waals surface area (Å²) in [6, 6.07) is 6.22. The van der Waals surface area contributed by atoms with Gasteiger partial charge in [0, 0.05) is 37.1 Å². The average Bonchev–Trinajstić information content (AvgIpc) is 3.28. The fraction of sp³-hybridized carbons (Fsp3) is 0.421. The molecule has 1 atom stereocenters. The van der Waals surface area contributed by atoms with Crippen LogP contribution in [-0.2, 0) is 19.6 Å². The van der Waals surface area contributed by atoms with E-state index in [1.165, 1.54) is 32.7 Å². The number of aryl methyl sites for hydroxylation is 1. The summed E-state index contributed by atoms with van der Waals surface area (Å²) in [6.07, 6.45) is 0.107. The minimum atomic E-state index is -3.55. The minimum absolute atomic E-state index is 0.107. The van der Waals surface area contributed by atoms with Gasteiger partial charge in [-0.1, -0.05) is 13.8 Å². The molecule has 1 aliphatic rings. The van der Waals surface area contributed by atoms with Gasteiger partial charge >= 0.3 is 0 Å². The van der Waals surface area contributed by atoms with Gasteiger partial charge in [0.2, 0.25) is 21.8 Å². The molecule has 0 unspecified atom stereocenters. The highest BCUT2D eigenvalue weighted by Crippen LogP contribution is 2.28. The van der Waals surface area contributed by atoms with Gasteiger partial charge in [-0.3, -0.25) is 9.59 Å². The zero-order chi connectivity index (χ0) is 21.2. The number of anilines is 2. The summed E-state index contributed by atoms with van der Waals surface area (Å²) in [5, 5.41) is 5.12. The Labute approximate surface area is 174 Å². The Morgan fingerprint density at radius 1 is 1.28 bits per heavy atom. The molecule has 29 heavy (non-hydrogen) atoms. The molecular weight excluding hydrogens is 412 g/mol. The van der Waals surface area contributed by atoms with Crippen LogP contribution in [-0.4, -0.2) is 49.2 Å². The van der Waals surface area contributed by atoms with Crippen LogP contribution in [0.5, 0.6) is 0 Å². The number of carbonyl (C=O) groups is 2. The van der Waals surface area contributed by atoms with Crippen LogP contribution in [0, 0.1) is 12.8 Å². The van der Waals surface area contributed by atoms with Crippen LogP contribution >= 0.6 is 11.3 Å². The molecule has 8 nitrogen and oxygen atoms in total. The molecule has 1 saturated heterocycles. The molecule has 2 heterocycles. The molecule has 2 aromatic rings. The maximum absolute atomic E-state index is 12.6. The van der Waals surface area contributed by atoms with Crippen molar-refractivity contribution in [2.75, 3.05) is 29.9 Å². The Kier molecular flexibility index (Phi) is 6.35. The standard InChI is InChI=1S/C19H24N4O4S2/c1-4-22(5-2)29(26,27)16-8-6-15(7-9-16)23-11-14(10-17(23)24)18(25)21-19-20-13(3)12-28-19/h6-9,12,14H,4-5,10-11H2,1-3H3,(H,20,21,25)/t14-/m1/s1. The van der Waals surface area contributed by atoms with Crippen LogP contribution < -0.4 is 10.2 Å². The molecule has 156 valence electrons. The first-order chi connectivity index (χ1) is 13.8. The van der Waals surface area contributed by atoms with E-state index in [2.05, 4.69) is 10.3 Å². The molecule has 1 aromatic heterocycles. The van der Waals surface area contributed by atoms with Crippen molar-refractivity contribution >= 4 is 44.0 Å². The maximum atomic E-state index is 12.6. The van der Waals surface area contributed by atoms with Crippen LogP contribution in [0.25, 0.3) is 0 Å². The fourth-order valence-electron chi connectivity index (χ4n) is 3.26. The van der Waals surface area contributed by atoms with Crippen LogP contribution in [0.2, 0.25) is 0 Å². The van der Waals surface area contributed by atoms with Crippen LogP contribution in [0.3, 0.4) is 0 Å². The van der Waals surface area contributed by atoms with E-state index in [1.54, 1.807) is 26.0 Å². The number of hydrogen-bond acceptors (Lipinski definition) is 6. The predicted molar refractivity (Wildman–Crippen MR) is 112 cm³/mol. The van der Waals surface area contributed by atoms with Gasteiger partial charge in [0.15, 0.2) is 5.13 Å². The summed E-state index contributed by atoms with van der Waals surface area (Å²) in [5.41, 5.74) is 1.41. The number of thiazole rings is 1. The first kappa shape index (κ1) is 21.4. The minimum Gasteiger partial charge on any atom is -0.312 e. The molecule has 1 fully saturated rings. The van der Waals surface area contributed by atoms with E-state index in [0.29, 0.717) is 23.9 Å². The van der Waals surface area contributed by atoms with Gasteiger partial charge in [0.25, 0.3) is 0 Å². The highest BCUT2D eigenvalue weighted by Gasteiger charge is 2.35. The summed E-state index contributed by atoms with van der Waals surface area (Å²) in [4.78, 5) is 30.8. The average molecular weight is 437 g/mol. The van der Waals surface area contributed by atoms with Gasteiger partial charge in [0.1, 0.15) is 0 Å². The summed E-state index contributed by atoms with van der Waals surface area (Å²) in [6.45, 7) is 6.45. The molecule has 0 spiro atoms. The number of hydrogen-bond donors (Lipinski definition) is 1. The van der Waals surface area contributed by atoms with Crippen LogP contribution in [0.15, 0.2) is 34.5 Å². The molecular formula is C19H24N4O4S2. The predicted octanol–water partition coefficient (Wildman–Crippen LogP) is 2.47. The Bertz CT molecular complexity index is 997. The first-order valence-electron chi connectivity index (χ1n) is 9.39. The van der Waals surface area contributed by atoms with Gasteiger partial charge in [0.05, 0.1) is 16.5 Å². The van der Waals surface area contributed by atoms with E-state index in [4.69, 9.17) is 0 Å². The van der Waals surface area contributed by atoms with Gasteiger partial charge in [-0.05, 0) is 31.2 Å². The van der Waals surface area contributed by atoms with Crippen LogP contribution in [0.1, 0.15) is 26.0 Å². The van der Waals surface area contributed by atoms with Gasteiger partial charge < -0.3 is 10.2 Å². The highest BCUT2D eigenvalue weighted by molar-refractivity contribution is 7.89. The molecule has 0 radical (unpaired) electrons. The fourth-order valence-corrected chi connectivity index (χ4v) is 5.41. The lowest BCUT2D eigenvalue weighted by Gasteiger charge is -2.20. The van der Waals surface area contributed by atoms with E-state index < -0.39 is 15.9 Å². The van der Waals surface area contributed by atoms with E-state index in [-0.39, 0.29) is 29.7 Å². The molecule has 1 N–H and O–H groups in total.